The quantitative estimate of drug-likeness (QED) is 0.840. The summed E-state index contributed by atoms with van der Waals surface area (Å²) in [7, 11) is -3.62. The van der Waals surface area contributed by atoms with Crippen molar-refractivity contribution in [2.75, 3.05) is 0 Å². The Bertz CT molecular complexity index is 542. The van der Waals surface area contributed by atoms with E-state index in [-0.39, 0.29) is 11.4 Å². The van der Waals surface area contributed by atoms with Crippen LogP contribution in [-0.2, 0) is 16.6 Å². The Morgan fingerprint density at radius 2 is 1.74 bits per heavy atom. The fourth-order valence-electron chi connectivity index (χ4n) is 2.07. The molecule has 1 aromatic rings. The summed E-state index contributed by atoms with van der Waals surface area (Å²) in [6, 6.07) is 0. The van der Waals surface area contributed by atoms with Crippen molar-refractivity contribution in [2.45, 2.75) is 64.4 Å². The van der Waals surface area contributed by atoms with E-state index in [9.17, 15) is 8.42 Å². The molecule has 0 fully saturated rings. The van der Waals surface area contributed by atoms with Crippen LogP contribution in [0.15, 0.2) is 9.31 Å². The first-order chi connectivity index (χ1) is 8.70. The molecule has 0 saturated heterocycles. The predicted molar refractivity (Wildman–Crippen MR) is 75.4 cm³/mol. The van der Waals surface area contributed by atoms with Crippen molar-refractivity contribution in [3.63, 3.8) is 0 Å². The summed E-state index contributed by atoms with van der Waals surface area (Å²) in [6.45, 7) is 9.35. The lowest BCUT2D eigenvalue weighted by molar-refractivity contribution is 0.388. The monoisotopic (exact) mass is 288 g/mol. The van der Waals surface area contributed by atoms with E-state index in [0.29, 0.717) is 17.1 Å². The second-order valence-corrected chi connectivity index (χ2v) is 6.72. The summed E-state index contributed by atoms with van der Waals surface area (Å²) in [5.74, 6) is 0.954. The van der Waals surface area contributed by atoms with Crippen molar-refractivity contribution in [3.05, 3.63) is 17.1 Å². The number of aryl methyl sites for hydroxylation is 2. The van der Waals surface area contributed by atoms with Crippen molar-refractivity contribution in [2.24, 2.45) is 5.73 Å². The molecule has 1 heterocycles. The van der Waals surface area contributed by atoms with E-state index in [1.165, 1.54) is 0 Å². The molecule has 19 heavy (non-hydrogen) atoms. The van der Waals surface area contributed by atoms with Gasteiger partial charge in [0.1, 0.15) is 16.4 Å². The van der Waals surface area contributed by atoms with Crippen LogP contribution in [0.5, 0.6) is 0 Å². The van der Waals surface area contributed by atoms with Crippen molar-refractivity contribution >= 4 is 10.0 Å². The van der Waals surface area contributed by atoms with Crippen LogP contribution in [0.25, 0.3) is 0 Å². The highest BCUT2D eigenvalue weighted by Gasteiger charge is 2.32. The molecule has 0 atom stereocenters. The largest absolute Gasteiger partial charge is 0.465 e. The fourth-order valence-corrected chi connectivity index (χ4v) is 4.08. The van der Waals surface area contributed by atoms with Crippen LogP contribution in [0.4, 0.5) is 0 Å². The first kappa shape index (κ1) is 16.2. The second kappa shape index (κ2) is 5.64. The predicted octanol–water partition coefficient (Wildman–Crippen LogP) is 2.21. The number of rotatable bonds is 6. The Labute approximate surface area is 115 Å². The average Bonchev–Trinajstić information content (AvgIpc) is 2.63. The minimum atomic E-state index is -3.62. The van der Waals surface area contributed by atoms with Crippen LogP contribution < -0.4 is 10.5 Å². The van der Waals surface area contributed by atoms with E-state index in [2.05, 4.69) is 4.72 Å². The van der Waals surface area contributed by atoms with Crippen molar-refractivity contribution in [1.82, 2.24) is 4.72 Å². The molecule has 3 N–H and O–H groups in total. The van der Waals surface area contributed by atoms with Crippen LogP contribution in [0.2, 0.25) is 0 Å². The topological polar surface area (TPSA) is 85.3 Å². The molecule has 0 bridgehead atoms. The molecule has 0 amide bonds. The van der Waals surface area contributed by atoms with Crippen LogP contribution in [-0.4, -0.2) is 14.0 Å². The Hall–Kier alpha value is -0.850. The summed E-state index contributed by atoms with van der Waals surface area (Å²) < 4.78 is 33.3. The lowest BCUT2D eigenvalue weighted by Gasteiger charge is -2.27. The van der Waals surface area contributed by atoms with E-state index in [1.54, 1.807) is 13.8 Å². The Kier molecular flexibility index (Phi) is 4.81. The maximum Gasteiger partial charge on any atom is 0.244 e. The van der Waals surface area contributed by atoms with Gasteiger partial charge in [0.2, 0.25) is 10.0 Å². The summed E-state index contributed by atoms with van der Waals surface area (Å²) in [4.78, 5) is 0.195. The number of nitrogens with two attached hydrogens (primary N) is 1. The molecule has 0 spiro atoms. The molecule has 6 heteroatoms. The van der Waals surface area contributed by atoms with Crippen molar-refractivity contribution in [1.29, 1.82) is 0 Å². The van der Waals surface area contributed by atoms with Gasteiger partial charge in [0.25, 0.3) is 0 Å². The highest BCUT2D eigenvalue weighted by Crippen LogP contribution is 2.28. The van der Waals surface area contributed by atoms with Gasteiger partial charge in [-0.05, 0) is 33.6 Å². The van der Waals surface area contributed by atoms with Gasteiger partial charge in [-0.25, -0.2) is 13.1 Å². The van der Waals surface area contributed by atoms with Gasteiger partial charge in [0, 0.05) is 17.6 Å². The van der Waals surface area contributed by atoms with Gasteiger partial charge in [0.05, 0.1) is 0 Å². The SMILES string of the molecule is CCC(C)(CC)NS(=O)(=O)c1c(C)oc(C)c1CN. The van der Waals surface area contributed by atoms with Gasteiger partial charge in [-0.15, -0.1) is 0 Å². The Morgan fingerprint density at radius 3 is 2.16 bits per heavy atom. The highest BCUT2D eigenvalue weighted by atomic mass is 32.2. The van der Waals surface area contributed by atoms with Gasteiger partial charge in [-0.2, -0.15) is 0 Å². The average molecular weight is 288 g/mol. The number of furan rings is 1. The molecule has 0 aliphatic heterocycles. The van der Waals surface area contributed by atoms with E-state index in [0.717, 1.165) is 12.8 Å². The standard InChI is InChI=1S/C13H24N2O3S/c1-6-13(5,7-2)15-19(16,17)12-10(4)18-9(3)11(12)8-14/h15H,6-8,14H2,1-5H3. The molecular weight excluding hydrogens is 264 g/mol. The van der Waals surface area contributed by atoms with Gasteiger partial charge in [-0.1, -0.05) is 13.8 Å². The highest BCUT2D eigenvalue weighted by molar-refractivity contribution is 7.89. The van der Waals surface area contributed by atoms with Crippen LogP contribution in [0, 0.1) is 13.8 Å². The molecule has 1 rings (SSSR count). The summed E-state index contributed by atoms with van der Waals surface area (Å²) >= 11 is 0. The Morgan fingerprint density at radius 1 is 1.21 bits per heavy atom. The minimum absolute atomic E-state index is 0.147. The van der Waals surface area contributed by atoms with Gasteiger partial charge in [0.15, 0.2) is 0 Å². The zero-order valence-corrected chi connectivity index (χ0v) is 13.1. The van der Waals surface area contributed by atoms with Crippen LogP contribution in [0.1, 0.15) is 50.7 Å². The minimum Gasteiger partial charge on any atom is -0.465 e. The third-order valence-electron chi connectivity index (χ3n) is 3.74. The maximum absolute atomic E-state index is 12.6. The molecule has 0 unspecified atom stereocenters. The first-order valence-corrected chi connectivity index (χ1v) is 8.02. The zero-order valence-electron chi connectivity index (χ0n) is 12.3. The number of hydrogen-bond donors (Lipinski definition) is 2. The Balaban J connectivity index is 3.29. The number of hydrogen-bond acceptors (Lipinski definition) is 4. The number of sulfonamides is 1. The maximum atomic E-state index is 12.6. The first-order valence-electron chi connectivity index (χ1n) is 6.53. The van der Waals surface area contributed by atoms with E-state index >= 15 is 0 Å². The van der Waals surface area contributed by atoms with Gasteiger partial charge in [-0.3, -0.25) is 0 Å². The lowest BCUT2D eigenvalue weighted by atomic mass is 9.98. The summed E-state index contributed by atoms with van der Waals surface area (Å²) in [5.41, 5.74) is 5.74. The van der Waals surface area contributed by atoms with Crippen molar-refractivity contribution in [3.8, 4) is 0 Å². The number of nitrogens with one attached hydrogen (secondary N) is 1. The van der Waals surface area contributed by atoms with Crippen molar-refractivity contribution < 1.29 is 12.8 Å². The molecule has 0 radical (unpaired) electrons. The van der Waals surface area contributed by atoms with Gasteiger partial charge < -0.3 is 10.2 Å². The normalized spacial score (nSPS) is 12.9. The van der Waals surface area contributed by atoms with E-state index in [1.807, 2.05) is 20.8 Å². The summed E-state index contributed by atoms with van der Waals surface area (Å²) in [6.07, 6.45) is 1.44. The third-order valence-corrected chi connectivity index (χ3v) is 5.57. The molecule has 1 aromatic heterocycles. The van der Waals surface area contributed by atoms with Gasteiger partial charge >= 0.3 is 0 Å². The molecule has 110 valence electrons. The van der Waals surface area contributed by atoms with Crippen LogP contribution >= 0.6 is 0 Å². The second-order valence-electron chi connectivity index (χ2n) is 5.10. The van der Waals surface area contributed by atoms with E-state index < -0.39 is 15.6 Å². The zero-order chi connectivity index (χ0) is 14.8. The molecule has 0 aliphatic rings. The van der Waals surface area contributed by atoms with Crippen LogP contribution in [0.3, 0.4) is 0 Å². The smallest absolute Gasteiger partial charge is 0.244 e. The molecule has 0 saturated carbocycles. The third kappa shape index (κ3) is 3.19. The lowest BCUT2D eigenvalue weighted by Crippen LogP contribution is -2.45. The fraction of sp³-hybridized carbons (Fsp3) is 0.692. The summed E-state index contributed by atoms with van der Waals surface area (Å²) in [5, 5.41) is 0. The molecular formula is C13H24N2O3S. The molecule has 0 aliphatic carbocycles. The molecule has 0 aromatic carbocycles. The van der Waals surface area contributed by atoms with E-state index in [4.69, 9.17) is 10.2 Å². The molecule has 5 nitrogen and oxygen atoms in total.